The van der Waals surface area contributed by atoms with Crippen molar-refractivity contribution in [2.45, 2.75) is 20.0 Å². The molecule has 0 atom stereocenters. The van der Waals surface area contributed by atoms with E-state index in [-0.39, 0.29) is 24.0 Å². The molecule has 0 aliphatic rings. The van der Waals surface area contributed by atoms with Crippen LogP contribution in [0.1, 0.15) is 18.1 Å². The Morgan fingerprint density at radius 1 is 0.964 bits per heavy atom. The van der Waals surface area contributed by atoms with Gasteiger partial charge in [0.15, 0.2) is 17.5 Å². The Morgan fingerprint density at radius 3 is 2.25 bits per heavy atom. The van der Waals surface area contributed by atoms with Crippen molar-refractivity contribution >= 4 is 41.5 Å². The maximum Gasteiger partial charge on any atom is 0.191 e. The molecule has 0 bridgehead atoms. The SMILES string of the molecule is CCNC(=NCc1cccc(Cl)c1)NCc1cc(OC)c(OC)cc1OC.I. The zero-order valence-corrected chi connectivity index (χ0v) is 19.6. The van der Waals surface area contributed by atoms with E-state index in [0.717, 1.165) is 17.7 Å². The van der Waals surface area contributed by atoms with E-state index >= 15 is 0 Å². The molecule has 0 aliphatic heterocycles. The van der Waals surface area contributed by atoms with E-state index in [9.17, 15) is 0 Å². The second-order valence-corrected chi connectivity index (χ2v) is 6.13. The number of nitrogens with zero attached hydrogens (tertiary/aromatic N) is 1. The Labute approximate surface area is 188 Å². The van der Waals surface area contributed by atoms with E-state index in [1.54, 1.807) is 21.3 Å². The normalized spacial score (nSPS) is 10.7. The van der Waals surface area contributed by atoms with Crippen LogP contribution in [-0.4, -0.2) is 33.8 Å². The molecule has 154 valence electrons. The third-order valence-corrected chi connectivity index (χ3v) is 4.12. The van der Waals surface area contributed by atoms with Gasteiger partial charge in [0.1, 0.15) is 5.75 Å². The summed E-state index contributed by atoms with van der Waals surface area (Å²) in [5, 5.41) is 7.25. The summed E-state index contributed by atoms with van der Waals surface area (Å²) in [6, 6.07) is 11.4. The minimum Gasteiger partial charge on any atom is -0.496 e. The molecular formula is C20H27ClIN3O3. The Hall–Kier alpha value is -1.87. The Morgan fingerprint density at radius 2 is 1.64 bits per heavy atom. The highest BCUT2D eigenvalue weighted by molar-refractivity contribution is 14.0. The standard InChI is InChI=1S/C20H26ClN3O3.HI/c1-5-22-20(23-12-14-7-6-8-16(21)9-14)24-13-15-10-18(26-3)19(27-4)11-17(15)25-2;/h6-11H,5,12-13H2,1-4H3,(H2,22,23,24);1H. The van der Waals surface area contributed by atoms with Crippen LogP contribution in [0.15, 0.2) is 41.4 Å². The van der Waals surface area contributed by atoms with Gasteiger partial charge in [-0.25, -0.2) is 4.99 Å². The summed E-state index contributed by atoms with van der Waals surface area (Å²) >= 11 is 6.03. The van der Waals surface area contributed by atoms with Gasteiger partial charge in [0, 0.05) is 29.7 Å². The molecule has 2 N–H and O–H groups in total. The average molecular weight is 520 g/mol. The lowest BCUT2D eigenvalue weighted by Gasteiger charge is -2.16. The molecule has 2 aromatic rings. The Balaban J connectivity index is 0.00000392. The minimum atomic E-state index is 0. The Kier molecular flexibility index (Phi) is 10.8. The van der Waals surface area contributed by atoms with Crippen LogP contribution in [0.5, 0.6) is 17.2 Å². The third kappa shape index (κ3) is 6.94. The molecule has 0 spiro atoms. The van der Waals surface area contributed by atoms with Crippen LogP contribution in [0.2, 0.25) is 5.02 Å². The molecule has 2 aromatic carbocycles. The monoisotopic (exact) mass is 519 g/mol. The van der Waals surface area contributed by atoms with Crippen molar-refractivity contribution in [2.75, 3.05) is 27.9 Å². The molecule has 6 nitrogen and oxygen atoms in total. The molecular weight excluding hydrogens is 493 g/mol. The Bertz CT molecular complexity index is 787. The largest absolute Gasteiger partial charge is 0.496 e. The quantitative estimate of drug-likeness (QED) is 0.310. The lowest BCUT2D eigenvalue weighted by Crippen LogP contribution is -2.36. The topological polar surface area (TPSA) is 64.1 Å². The van der Waals surface area contributed by atoms with Crippen molar-refractivity contribution < 1.29 is 14.2 Å². The van der Waals surface area contributed by atoms with Crippen molar-refractivity contribution in [1.82, 2.24) is 10.6 Å². The van der Waals surface area contributed by atoms with Crippen LogP contribution in [0, 0.1) is 0 Å². The molecule has 0 unspecified atom stereocenters. The maximum atomic E-state index is 6.03. The van der Waals surface area contributed by atoms with Crippen molar-refractivity contribution in [2.24, 2.45) is 4.99 Å². The fourth-order valence-electron chi connectivity index (χ4n) is 2.56. The lowest BCUT2D eigenvalue weighted by molar-refractivity contribution is 0.347. The van der Waals surface area contributed by atoms with Crippen molar-refractivity contribution in [3.63, 3.8) is 0 Å². The summed E-state index contributed by atoms with van der Waals surface area (Å²) in [5.41, 5.74) is 1.98. The summed E-state index contributed by atoms with van der Waals surface area (Å²) in [6.45, 7) is 3.82. The number of hydrogen-bond donors (Lipinski definition) is 2. The van der Waals surface area contributed by atoms with E-state index in [4.69, 9.17) is 25.8 Å². The summed E-state index contributed by atoms with van der Waals surface area (Å²) in [6.07, 6.45) is 0. The number of nitrogens with one attached hydrogen (secondary N) is 2. The first-order chi connectivity index (χ1) is 13.1. The number of benzene rings is 2. The highest BCUT2D eigenvalue weighted by Crippen LogP contribution is 2.34. The highest BCUT2D eigenvalue weighted by atomic mass is 127. The van der Waals surface area contributed by atoms with Crippen LogP contribution >= 0.6 is 35.6 Å². The number of guanidine groups is 1. The average Bonchev–Trinajstić information content (AvgIpc) is 2.69. The molecule has 0 aromatic heterocycles. The van der Waals surface area contributed by atoms with Gasteiger partial charge in [-0.15, -0.1) is 24.0 Å². The smallest absolute Gasteiger partial charge is 0.191 e. The van der Waals surface area contributed by atoms with E-state index in [1.165, 1.54) is 0 Å². The molecule has 0 heterocycles. The molecule has 2 rings (SSSR count). The van der Waals surface area contributed by atoms with Gasteiger partial charge >= 0.3 is 0 Å². The van der Waals surface area contributed by atoms with Gasteiger partial charge in [0.25, 0.3) is 0 Å². The van der Waals surface area contributed by atoms with Crippen LogP contribution < -0.4 is 24.8 Å². The van der Waals surface area contributed by atoms with Crippen LogP contribution in [0.4, 0.5) is 0 Å². The zero-order valence-electron chi connectivity index (χ0n) is 16.5. The second kappa shape index (κ2) is 12.6. The van der Waals surface area contributed by atoms with Crippen molar-refractivity contribution in [1.29, 1.82) is 0 Å². The number of methoxy groups -OCH3 is 3. The van der Waals surface area contributed by atoms with E-state index in [0.29, 0.717) is 41.3 Å². The number of ether oxygens (including phenoxy) is 3. The third-order valence-electron chi connectivity index (χ3n) is 3.89. The van der Waals surface area contributed by atoms with Crippen LogP contribution in [0.25, 0.3) is 0 Å². The van der Waals surface area contributed by atoms with Gasteiger partial charge in [0.05, 0.1) is 27.9 Å². The fourth-order valence-corrected chi connectivity index (χ4v) is 2.77. The van der Waals surface area contributed by atoms with E-state index in [1.807, 2.05) is 43.3 Å². The molecule has 0 saturated heterocycles. The van der Waals surface area contributed by atoms with Crippen molar-refractivity contribution in [3.8, 4) is 17.2 Å². The van der Waals surface area contributed by atoms with Gasteiger partial charge in [-0.1, -0.05) is 23.7 Å². The van der Waals surface area contributed by atoms with Crippen molar-refractivity contribution in [3.05, 3.63) is 52.5 Å². The lowest BCUT2D eigenvalue weighted by atomic mass is 10.1. The molecule has 8 heteroatoms. The predicted octanol–water partition coefficient (Wildman–Crippen LogP) is 4.24. The summed E-state index contributed by atoms with van der Waals surface area (Å²) in [4.78, 5) is 4.61. The van der Waals surface area contributed by atoms with Crippen LogP contribution in [-0.2, 0) is 13.1 Å². The number of hydrogen-bond acceptors (Lipinski definition) is 4. The number of halogens is 2. The van der Waals surface area contributed by atoms with Gasteiger partial charge < -0.3 is 24.8 Å². The van der Waals surface area contributed by atoms with E-state index < -0.39 is 0 Å². The number of rotatable bonds is 8. The first kappa shape index (κ1) is 24.2. The molecule has 28 heavy (non-hydrogen) atoms. The van der Waals surface area contributed by atoms with Gasteiger partial charge in [-0.3, -0.25) is 0 Å². The van der Waals surface area contributed by atoms with Gasteiger partial charge in [-0.05, 0) is 30.7 Å². The first-order valence-electron chi connectivity index (χ1n) is 8.66. The summed E-state index contributed by atoms with van der Waals surface area (Å²) < 4.78 is 16.2. The molecule has 0 aliphatic carbocycles. The molecule has 0 fully saturated rings. The maximum absolute atomic E-state index is 6.03. The molecule has 0 saturated carbocycles. The van der Waals surface area contributed by atoms with Crippen LogP contribution in [0.3, 0.4) is 0 Å². The van der Waals surface area contributed by atoms with Gasteiger partial charge in [-0.2, -0.15) is 0 Å². The summed E-state index contributed by atoms with van der Waals surface area (Å²) in [7, 11) is 4.84. The van der Waals surface area contributed by atoms with Gasteiger partial charge in [0.2, 0.25) is 0 Å². The number of aliphatic imine (C=N–C) groups is 1. The fraction of sp³-hybridized carbons (Fsp3) is 0.350. The highest BCUT2D eigenvalue weighted by Gasteiger charge is 2.12. The summed E-state index contributed by atoms with van der Waals surface area (Å²) in [5.74, 6) is 2.69. The minimum absolute atomic E-state index is 0. The second-order valence-electron chi connectivity index (χ2n) is 5.70. The van der Waals surface area contributed by atoms with E-state index in [2.05, 4.69) is 15.6 Å². The molecule has 0 radical (unpaired) electrons. The predicted molar refractivity (Wildman–Crippen MR) is 125 cm³/mol. The first-order valence-corrected chi connectivity index (χ1v) is 9.04. The molecule has 0 amide bonds. The zero-order chi connectivity index (χ0) is 19.6.